The number of benzene rings is 1. The summed E-state index contributed by atoms with van der Waals surface area (Å²) in [5, 5.41) is 2.76. The molecule has 0 radical (unpaired) electrons. The summed E-state index contributed by atoms with van der Waals surface area (Å²) in [6.45, 7) is 7.40. The molecule has 1 heterocycles. The Labute approximate surface area is 144 Å². The van der Waals surface area contributed by atoms with E-state index in [4.69, 9.17) is 5.73 Å². The van der Waals surface area contributed by atoms with Crippen LogP contribution in [0.25, 0.3) is 0 Å². The number of nitrogens with zero attached hydrogens (tertiary/aromatic N) is 1. The number of nitrogens with one attached hydrogen (secondary N) is 1. The highest BCUT2D eigenvalue weighted by atomic mass is 32.2. The summed E-state index contributed by atoms with van der Waals surface area (Å²) >= 11 is 0. The third-order valence-electron chi connectivity index (χ3n) is 4.32. The predicted molar refractivity (Wildman–Crippen MR) is 94.1 cm³/mol. The second-order valence-corrected chi connectivity index (χ2v) is 8.84. The fourth-order valence-electron chi connectivity index (χ4n) is 3.10. The van der Waals surface area contributed by atoms with Gasteiger partial charge in [-0.25, -0.2) is 8.42 Å². The van der Waals surface area contributed by atoms with Gasteiger partial charge in [0, 0.05) is 31.2 Å². The lowest BCUT2D eigenvalue weighted by molar-refractivity contribution is 0.0941. The van der Waals surface area contributed by atoms with E-state index in [9.17, 15) is 13.2 Å². The Morgan fingerprint density at radius 2 is 1.79 bits per heavy atom. The van der Waals surface area contributed by atoms with Gasteiger partial charge in [-0.15, -0.1) is 0 Å². The van der Waals surface area contributed by atoms with Crippen LogP contribution < -0.4 is 11.1 Å². The highest BCUT2D eigenvalue weighted by molar-refractivity contribution is 7.89. The molecule has 2 rings (SSSR count). The van der Waals surface area contributed by atoms with Gasteiger partial charge in [0.15, 0.2) is 0 Å². The normalized spacial score (nSPS) is 23.7. The zero-order valence-corrected chi connectivity index (χ0v) is 15.3. The van der Waals surface area contributed by atoms with Crippen LogP contribution in [0, 0.1) is 11.8 Å². The van der Waals surface area contributed by atoms with Crippen LogP contribution in [-0.2, 0) is 10.0 Å². The number of hydrogen-bond acceptors (Lipinski definition) is 4. The fourth-order valence-corrected chi connectivity index (χ4v) is 4.78. The van der Waals surface area contributed by atoms with E-state index in [1.807, 2.05) is 6.92 Å². The number of carbonyl (C=O) groups is 1. The van der Waals surface area contributed by atoms with Gasteiger partial charge in [0.05, 0.1) is 4.90 Å². The van der Waals surface area contributed by atoms with Gasteiger partial charge in [-0.05, 0) is 49.4 Å². The van der Waals surface area contributed by atoms with Gasteiger partial charge in [-0.1, -0.05) is 13.8 Å². The largest absolute Gasteiger partial charge is 0.348 e. The van der Waals surface area contributed by atoms with E-state index >= 15 is 0 Å². The maximum Gasteiger partial charge on any atom is 0.251 e. The molecule has 0 aliphatic carbocycles. The van der Waals surface area contributed by atoms with Gasteiger partial charge in [-0.2, -0.15) is 4.31 Å². The quantitative estimate of drug-likeness (QED) is 0.837. The molecule has 2 unspecified atom stereocenters. The molecule has 1 aromatic rings. The average Bonchev–Trinajstić information content (AvgIpc) is 2.53. The van der Waals surface area contributed by atoms with Crippen molar-refractivity contribution in [1.29, 1.82) is 0 Å². The van der Waals surface area contributed by atoms with Crippen LogP contribution in [-0.4, -0.2) is 44.3 Å². The highest BCUT2D eigenvalue weighted by Gasteiger charge is 2.31. The molecule has 1 fully saturated rings. The monoisotopic (exact) mass is 353 g/mol. The Morgan fingerprint density at radius 3 is 2.29 bits per heavy atom. The molecular weight excluding hydrogens is 326 g/mol. The summed E-state index contributed by atoms with van der Waals surface area (Å²) in [6.07, 6.45) is 1.05. The zero-order chi connectivity index (χ0) is 17.9. The van der Waals surface area contributed by atoms with Gasteiger partial charge in [0.25, 0.3) is 5.91 Å². The molecule has 1 amide bonds. The highest BCUT2D eigenvalue weighted by Crippen LogP contribution is 2.26. The lowest BCUT2D eigenvalue weighted by atomic mass is 9.94. The molecule has 134 valence electrons. The van der Waals surface area contributed by atoms with Crippen LogP contribution in [0.15, 0.2) is 29.2 Å². The van der Waals surface area contributed by atoms with E-state index < -0.39 is 10.0 Å². The van der Waals surface area contributed by atoms with Crippen LogP contribution in [0.3, 0.4) is 0 Å². The maximum atomic E-state index is 12.8. The van der Waals surface area contributed by atoms with Gasteiger partial charge in [0.1, 0.15) is 0 Å². The van der Waals surface area contributed by atoms with Crippen molar-refractivity contribution < 1.29 is 13.2 Å². The Bertz CT molecular complexity index is 663. The number of carbonyl (C=O) groups excluding carboxylic acids is 1. The summed E-state index contributed by atoms with van der Waals surface area (Å²) in [5.74, 6) is 0.453. The minimum atomic E-state index is -3.52. The molecule has 3 N–H and O–H groups in total. The van der Waals surface area contributed by atoms with Crippen molar-refractivity contribution in [2.45, 2.75) is 38.1 Å². The van der Waals surface area contributed by atoms with E-state index in [-0.39, 0.29) is 16.8 Å². The molecule has 0 saturated carbocycles. The summed E-state index contributed by atoms with van der Waals surface area (Å²) in [6, 6.07) is 5.96. The Balaban J connectivity index is 2.16. The van der Waals surface area contributed by atoms with Crippen molar-refractivity contribution >= 4 is 15.9 Å². The molecule has 0 bridgehead atoms. The number of rotatable bonds is 5. The molecule has 3 atom stereocenters. The topological polar surface area (TPSA) is 92.5 Å². The molecule has 7 heteroatoms. The number of hydrogen-bond donors (Lipinski definition) is 2. The van der Waals surface area contributed by atoms with Gasteiger partial charge < -0.3 is 11.1 Å². The van der Waals surface area contributed by atoms with E-state index in [0.717, 1.165) is 6.42 Å². The summed E-state index contributed by atoms with van der Waals surface area (Å²) in [5.41, 5.74) is 5.91. The minimum absolute atomic E-state index is 0.128. The van der Waals surface area contributed by atoms with E-state index in [0.29, 0.717) is 37.0 Å². The van der Waals surface area contributed by atoms with Crippen LogP contribution in [0.5, 0.6) is 0 Å². The summed E-state index contributed by atoms with van der Waals surface area (Å²) in [4.78, 5) is 12.3. The standard InChI is InChI=1S/C17H27N3O3S/c1-12-8-13(2)11-20(10-12)24(22,23)16-6-4-15(5-7-16)17(21)19-14(3)9-18/h4-7,12-14H,8-11,18H2,1-3H3,(H,19,21)/t12?,13?,14-/m0/s1. The molecular formula is C17H27N3O3S. The predicted octanol–water partition coefficient (Wildman–Crippen LogP) is 1.43. The smallest absolute Gasteiger partial charge is 0.251 e. The van der Waals surface area contributed by atoms with Crippen LogP contribution in [0.1, 0.15) is 37.6 Å². The second-order valence-electron chi connectivity index (χ2n) is 6.90. The summed E-state index contributed by atoms with van der Waals surface area (Å²) in [7, 11) is -3.52. The molecule has 24 heavy (non-hydrogen) atoms. The van der Waals surface area contributed by atoms with Crippen molar-refractivity contribution in [3.8, 4) is 0 Å². The molecule has 0 spiro atoms. The minimum Gasteiger partial charge on any atom is -0.348 e. The van der Waals surface area contributed by atoms with Crippen LogP contribution in [0.2, 0.25) is 0 Å². The second kappa shape index (κ2) is 7.63. The first-order chi connectivity index (χ1) is 11.2. The van der Waals surface area contributed by atoms with Crippen molar-refractivity contribution in [3.05, 3.63) is 29.8 Å². The first kappa shape index (κ1) is 18.9. The number of nitrogens with two attached hydrogens (primary N) is 1. The zero-order valence-electron chi connectivity index (χ0n) is 14.5. The van der Waals surface area contributed by atoms with Crippen molar-refractivity contribution in [1.82, 2.24) is 9.62 Å². The van der Waals surface area contributed by atoms with Crippen molar-refractivity contribution in [2.75, 3.05) is 19.6 Å². The van der Waals surface area contributed by atoms with Gasteiger partial charge >= 0.3 is 0 Å². The number of amides is 1. The SMILES string of the molecule is CC1CC(C)CN(S(=O)(=O)c2ccc(C(=O)N[C@@H](C)CN)cc2)C1. The molecule has 1 aromatic carbocycles. The molecule has 1 aliphatic rings. The Morgan fingerprint density at radius 1 is 1.25 bits per heavy atom. The lowest BCUT2D eigenvalue weighted by Crippen LogP contribution is -2.42. The number of piperidine rings is 1. The maximum absolute atomic E-state index is 12.8. The van der Waals surface area contributed by atoms with Gasteiger partial charge in [-0.3, -0.25) is 4.79 Å². The molecule has 6 nitrogen and oxygen atoms in total. The third-order valence-corrected chi connectivity index (χ3v) is 6.17. The van der Waals surface area contributed by atoms with Crippen LogP contribution >= 0.6 is 0 Å². The van der Waals surface area contributed by atoms with Crippen LogP contribution in [0.4, 0.5) is 0 Å². The molecule has 1 saturated heterocycles. The third kappa shape index (κ3) is 4.34. The molecule has 1 aliphatic heterocycles. The first-order valence-corrected chi connectivity index (χ1v) is 9.79. The Hall–Kier alpha value is -1.44. The van der Waals surface area contributed by atoms with E-state index in [1.54, 1.807) is 16.4 Å². The van der Waals surface area contributed by atoms with E-state index in [2.05, 4.69) is 19.2 Å². The van der Waals surface area contributed by atoms with Crippen molar-refractivity contribution in [2.24, 2.45) is 17.6 Å². The average molecular weight is 353 g/mol. The van der Waals surface area contributed by atoms with Crippen molar-refractivity contribution in [3.63, 3.8) is 0 Å². The lowest BCUT2D eigenvalue weighted by Gasteiger charge is -2.34. The summed E-state index contributed by atoms with van der Waals surface area (Å²) < 4.78 is 27.1. The first-order valence-electron chi connectivity index (χ1n) is 8.35. The molecule has 0 aromatic heterocycles. The Kier molecular flexibility index (Phi) is 6.01. The van der Waals surface area contributed by atoms with E-state index in [1.165, 1.54) is 12.1 Å². The number of sulfonamides is 1. The fraction of sp³-hybridized carbons (Fsp3) is 0.588. The van der Waals surface area contributed by atoms with Gasteiger partial charge in [0.2, 0.25) is 10.0 Å².